The number of carboxylic acid groups (broad SMARTS) is 1. The van der Waals surface area contributed by atoms with E-state index in [0.717, 1.165) is 34.0 Å². The number of amides is 6. The molecule has 0 unspecified atom stereocenters. The number of thiazole rings is 6. The van der Waals surface area contributed by atoms with E-state index in [1.165, 1.54) is 61.8 Å². The molecule has 30 heteroatoms. The Bertz CT molecular complexity index is 4210. The van der Waals surface area contributed by atoms with E-state index >= 15 is 4.79 Å². The van der Waals surface area contributed by atoms with Crippen LogP contribution in [-0.4, -0.2) is 126 Å². The molecule has 2 aliphatic heterocycles. The minimum Gasteiger partial charge on any atom is -0.508 e. The van der Waals surface area contributed by atoms with Gasteiger partial charge in [-0.15, -0.1) is 68.0 Å². The summed E-state index contributed by atoms with van der Waals surface area (Å²) in [5.74, 6) is -5.75. The fourth-order valence-electron chi connectivity index (χ4n) is 11.0. The van der Waals surface area contributed by atoms with E-state index in [4.69, 9.17) is 25.7 Å². The number of carbonyl (C=O) groups excluding carboxylic acids is 6. The quantitative estimate of drug-likeness (QED) is 0.0634. The maximum absolute atomic E-state index is 15.2. The summed E-state index contributed by atoms with van der Waals surface area (Å²) in [6, 6.07) is 13.5. The van der Waals surface area contributed by atoms with Crippen LogP contribution in [0.2, 0.25) is 0 Å². The summed E-state index contributed by atoms with van der Waals surface area (Å²) >= 11 is 6.89. The van der Waals surface area contributed by atoms with Gasteiger partial charge in [-0.2, -0.15) is 0 Å². The van der Waals surface area contributed by atoms with Gasteiger partial charge in [0.15, 0.2) is 0 Å². The van der Waals surface area contributed by atoms with Crippen LogP contribution in [0, 0.1) is 18.8 Å². The molecule has 1 saturated heterocycles. The van der Waals surface area contributed by atoms with Gasteiger partial charge in [0.2, 0.25) is 11.8 Å². The van der Waals surface area contributed by atoms with Crippen molar-refractivity contribution in [3.8, 4) is 49.1 Å². The highest BCUT2D eigenvalue weighted by atomic mass is 32.1. The van der Waals surface area contributed by atoms with Crippen LogP contribution in [0.25, 0.3) is 43.4 Å². The molecule has 9 heterocycles. The lowest BCUT2D eigenvalue weighted by atomic mass is 9.86. The zero-order valence-electron chi connectivity index (χ0n) is 47.6. The molecule has 9 aromatic rings. The molecule has 0 radical (unpaired) electrons. The summed E-state index contributed by atoms with van der Waals surface area (Å²) in [7, 11) is 0. The number of aliphatic hydroxyl groups is 2. The number of aliphatic hydroxyl groups excluding tert-OH is 2. The van der Waals surface area contributed by atoms with E-state index in [1.807, 2.05) is 6.92 Å². The van der Waals surface area contributed by atoms with Gasteiger partial charge in [-0.25, -0.2) is 34.9 Å². The number of carboxylic acids is 1. The van der Waals surface area contributed by atoms with Crippen molar-refractivity contribution in [3.05, 3.63) is 147 Å². The molecule has 2 aromatic carbocycles. The average molecular weight is 1330 g/mol. The first-order chi connectivity index (χ1) is 43.3. The number of aliphatic carboxylic acids is 1. The van der Waals surface area contributed by atoms with Crippen molar-refractivity contribution in [2.24, 2.45) is 17.6 Å². The van der Waals surface area contributed by atoms with Crippen molar-refractivity contribution in [1.29, 1.82) is 0 Å². The number of aromatic hydroxyl groups is 1. The summed E-state index contributed by atoms with van der Waals surface area (Å²) in [6.07, 6.45) is -0.900. The molecule has 0 spiro atoms. The number of primary amides is 1. The van der Waals surface area contributed by atoms with Crippen LogP contribution < -0.4 is 27.0 Å². The number of hydrogen-bond donors (Lipinski definition) is 9. The number of nitrogens with two attached hydrogens (primary N) is 1. The molecule has 1 aliphatic carbocycles. The maximum Gasteiger partial charge on any atom is 0.306 e. The van der Waals surface area contributed by atoms with Gasteiger partial charge in [-0.1, -0.05) is 49.4 Å². The van der Waals surface area contributed by atoms with Crippen molar-refractivity contribution in [1.82, 2.24) is 61.1 Å². The summed E-state index contributed by atoms with van der Waals surface area (Å²) in [5.41, 5.74) is 8.71. The number of hydrogen-bond acceptors (Lipinski definition) is 23. The Kier molecular flexibility index (Phi) is 17.8. The topological polar surface area (TPSA) is 368 Å². The number of phenols is 1. The highest BCUT2D eigenvalue weighted by Gasteiger charge is 2.46. The highest BCUT2D eigenvalue weighted by Crippen LogP contribution is 2.43. The Balaban J connectivity index is 0.931. The third kappa shape index (κ3) is 13.0. The number of pyridine rings is 1. The molecule has 12 rings (SSSR count). The fourth-order valence-corrected chi connectivity index (χ4v) is 16.4. The molecular formula is C60H55N13O11S6. The zero-order chi connectivity index (χ0) is 63.1. The number of phenolic OH excluding ortho intramolecular Hbond substituents is 1. The van der Waals surface area contributed by atoms with Crippen molar-refractivity contribution in [3.63, 3.8) is 0 Å². The molecule has 90 heavy (non-hydrogen) atoms. The standard InChI is InChI=1S/C60H55N13O11S6/c1-26-42(75)20-73-47(26)58-70-41(25-89-58)55-66-37(21-86-55)45-33(16-17-34(63-45)54-68-38(23-87-54)49(78)62-31-12-10-30(11-13-31)60(83)84)53-67-39(22-85-53)50(79)64-35(19-43(61)76)56-72-44(27(2)90-56)52(81)71-46(48(77)29-6-4-3-5-7-29)57-69-40(24-88-57)51(80)65-36(59(73)82)18-28-8-14-32(74)15-9-28/h3-9,14-17,21-26,30-31,35-36,42,46-48,74-75,77H,10-13,18-20H2,1-2H3,(H2,61,76)(H,62,78)(H,64,79)(H,65,80)(H,71,81)(H,83,84)/t26-,30?,31?,35-,36-,42-,46-,47-,48+/m0/s1. The van der Waals surface area contributed by atoms with Crippen LogP contribution in [-0.2, 0) is 20.8 Å². The second kappa shape index (κ2) is 26.1. The third-order valence-corrected chi connectivity index (χ3v) is 21.4. The van der Waals surface area contributed by atoms with Gasteiger partial charge >= 0.3 is 5.97 Å². The molecule has 3 aliphatic rings. The van der Waals surface area contributed by atoms with Crippen LogP contribution in [0.15, 0.2) is 93.6 Å². The van der Waals surface area contributed by atoms with Crippen molar-refractivity contribution in [2.45, 2.75) is 94.8 Å². The molecule has 10 bridgehead atoms. The Morgan fingerprint density at radius 3 is 2.07 bits per heavy atom. The van der Waals surface area contributed by atoms with Gasteiger partial charge in [0, 0.05) is 62.3 Å². The number of aryl methyl sites for hydroxylation is 1. The summed E-state index contributed by atoms with van der Waals surface area (Å²) in [6.45, 7) is 3.34. The highest BCUT2D eigenvalue weighted by molar-refractivity contribution is 7.15. The molecule has 7 atom stereocenters. The second-order valence-electron chi connectivity index (χ2n) is 21.9. The molecule has 462 valence electrons. The summed E-state index contributed by atoms with van der Waals surface area (Å²) in [4.78, 5) is 132. The SMILES string of the molecule is Cc1sc2nc1C(=O)N[C@@H]([C@H](O)c1ccccc1)c1nc(cs1)C(=O)N[C@@H](Cc1ccc(O)cc1)C(=O)N1C[C@H](O)[C@H](C)[C@H]1c1nc(cs1)-c1nc(cs1)-c1nc(-c3nc(C(=O)NC4CCC(C(=O)O)CC4)cs3)ccc1-c1nc(cs1)C(=O)N[C@H]2CC(N)=O. The Morgan fingerprint density at radius 1 is 0.678 bits per heavy atom. The number of fused-ring (bicyclic) bond motifs is 16. The number of aromatic nitrogens is 7. The minimum atomic E-state index is -1.42. The van der Waals surface area contributed by atoms with Crippen molar-refractivity contribution in [2.75, 3.05) is 6.54 Å². The summed E-state index contributed by atoms with van der Waals surface area (Å²) < 4.78 is 0. The second-order valence-corrected chi connectivity index (χ2v) is 27.5. The average Bonchev–Trinajstić information content (AvgIpc) is 1.70. The van der Waals surface area contributed by atoms with Gasteiger partial charge in [0.1, 0.15) is 93.8 Å². The van der Waals surface area contributed by atoms with Crippen LogP contribution in [0.4, 0.5) is 0 Å². The van der Waals surface area contributed by atoms with Crippen molar-refractivity contribution < 1.29 is 54.0 Å². The molecule has 7 aromatic heterocycles. The van der Waals surface area contributed by atoms with Crippen LogP contribution >= 0.6 is 68.0 Å². The lowest BCUT2D eigenvalue weighted by molar-refractivity contribution is -0.143. The molecule has 24 nitrogen and oxygen atoms in total. The number of nitrogens with one attached hydrogen (secondary N) is 4. The van der Waals surface area contributed by atoms with Gasteiger partial charge < -0.3 is 52.3 Å². The fraction of sp³-hybridized carbons (Fsp3) is 0.300. The van der Waals surface area contributed by atoms with Gasteiger partial charge in [0.05, 0.1) is 36.2 Å². The molecule has 10 N–H and O–H groups in total. The zero-order valence-corrected chi connectivity index (χ0v) is 52.5. The number of nitrogens with zero attached hydrogens (tertiary/aromatic N) is 8. The normalized spacial score (nSPS) is 21.8. The van der Waals surface area contributed by atoms with Crippen LogP contribution in [0.3, 0.4) is 0 Å². The lowest BCUT2D eigenvalue weighted by Crippen LogP contribution is -2.50. The largest absolute Gasteiger partial charge is 0.508 e. The van der Waals surface area contributed by atoms with E-state index in [9.17, 15) is 49.2 Å². The summed E-state index contributed by atoms with van der Waals surface area (Å²) in [5, 5.41) is 65.0. The molecular weight excluding hydrogens is 1270 g/mol. The van der Waals surface area contributed by atoms with E-state index in [1.54, 1.807) is 77.7 Å². The first-order valence-corrected chi connectivity index (χ1v) is 33.5. The minimum absolute atomic E-state index is 0.00805. The van der Waals surface area contributed by atoms with E-state index in [0.29, 0.717) is 90.1 Å². The third-order valence-electron chi connectivity index (χ3n) is 15.9. The van der Waals surface area contributed by atoms with Gasteiger partial charge in [0.25, 0.3) is 23.6 Å². The molecule has 2 fully saturated rings. The van der Waals surface area contributed by atoms with E-state index in [2.05, 4.69) is 36.2 Å². The first-order valence-electron chi connectivity index (χ1n) is 28.3. The maximum atomic E-state index is 15.2. The van der Waals surface area contributed by atoms with Gasteiger partial charge in [-0.3, -0.25) is 33.6 Å². The van der Waals surface area contributed by atoms with E-state index in [-0.39, 0.29) is 57.5 Å². The monoisotopic (exact) mass is 1330 g/mol. The smallest absolute Gasteiger partial charge is 0.306 e. The molecule has 1 saturated carbocycles. The number of benzene rings is 2. The predicted octanol–water partition coefficient (Wildman–Crippen LogP) is 7.66. The number of rotatable bonds is 10. The number of carbonyl (C=O) groups is 7. The van der Waals surface area contributed by atoms with Gasteiger partial charge in [-0.05, 0) is 68.0 Å². The Labute approximate surface area is 536 Å². The van der Waals surface area contributed by atoms with Crippen molar-refractivity contribution >= 4 is 109 Å². The molecule has 6 amide bonds. The van der Waals surface area contributed by atoms with Crippen LogP contribution in [0.1, 0.15) is 136 Å². The Morgan fingerprint density at radius 2 is 1.32 bits per heavy atom. The Hall–Kier alpha value is -8.62. The van der Waals surface area contributed by atoms with Crippen LogP contribution in [0.5, 0.6) is 5.75 Å². The predicted molar refractivity (Wildman–Crippen MR) is 337 cm³/mol. The first kappa shape index (κ1) is 61.6. The van der Waals surface area contributed by atoms with E-state index < -0.39 is 96.0 Å². The lowest BCUT2D eigenvalue weighted by Gasteiger charge is -2.29.